The Labute approximate surface area is 121 Å². The van der Waals surface area contributed by atoms with Crippen LogP contribution in [0.15, 0.2) is 23.6 Å². The lowest BCUT2D eigenvalue weighted by molar-refractivity contribution is 0.401. The largest absolute Gasteiger partial charge is 0.481 e. The van der Waals surface area contributed by atoms with Gasteiger partial charge in [0.1, 0.15) is 5.15 Å². The van der Waals surface area contributed by atoms with Gasteiger partial charge in [0, 0.05) is 17.3 Å². The maximum Gasteiger partial charge on any atom is 0.222 e. The summed E-state index contributed by atoms with van der Waals surface area (Å²) in [6.07, 6.45) is 3.91. The summed E-state index contributed by atoms with van der Waals surface area (Å²) in [5.41, 5.74) is 8.90. The highest BCUT2D eigenvalue weighted by atomic mass is 35.5. The molecule has 0 N–H and O–H groups in total. The van der Waals surface area contributed by atoms with Crippen LogP contribution in [-0.2, 0) is 5.54 Å². The number of methoxy groups -OCH3 is 1. The molecule has 0 bridgehead atoms. The van der Waals surface area contributed by atoms with Crippen LogP contribution in [0.3, 0.4) is 0 Å². The van der Waals surface area contributed by atoms with Gasteiger partial charge in [-0.25, -0.2) is 9.97 Å². The van der Waals surface area contributed by atoms with Crippen molar-refractivity contribution in [2.24, 2.45) is 5.11 Å². The van der Waals surface area contributed by atoms with E-state index in [9.17, 15) is 0 Å². The lowest BCUT2D eigenvalue weighted by Crippen LogP contribution is -2.18. The van der Waals surface area contributed by atoms with Gasteiger partial charge in [-0.1, -0.05) is 23.6 Å². The molecule has 0 radical (unpaired) electrons. The number of halogens is 1. The number of rotatable bonds is 4. The van der Waals surface area contributed by atoms with Crippen LogP contribution in [0.1, 0.15) is 25.8 Å². The van der Waals surface area contributed by atoms with Crippen molar-refractivity contribution in [1.82, 2.24) is 9.97 Å². The number of nitrogens with zero attached hydrogens (tertiary/aromatic N) is 5. The SMILES string of the molecule is CC[C@](C)(N=[N+]=[N-])c1cnc(OC)c2cnc(Cl)cc12. The van der Waals surface area contributed by atoms with E-state index in [4.69, 9.17) is 21.9 Å². The summed E-state index contributed by atoms with van der Waals surface area (Å²) < 4.78 is 5.23. The molecular weight excluding hydrogens is 278 g/mol. The molecule has 0 aliphatic rings. The Kier molecular flexibility index (Phi) is 3.97. The van der Waals surface area contributed by atoms with Crippen molar-refractivity contribution >= 4 is 22.4 Å². The van der Waals surface area contributed by atoms with Crippen LogP contribution in [0.4, 0.5) is 0 Å². The third-order valence-electron chi connectivity index (χ3n) is 3.43. The molecule has 2 rings (SSSR count). The summed E-state index contributed by atoms with van der Waals surface area (Å²) >= 11 is 5.98. The summed E-state index contributed by atoms with van der Waals surface area (Å²) in [7, 11) is 1.54. The number of fused-ring (bicyclic) bond motifs is 1. The quantitative estimate of drug-likeness (QED) is 0.366. The highest BCUT2D eigenvalue weighted by Gasteiger charge is 2.27. The molecule has 2 aromatic rings. The standard InChI is InChI=1S/C13H14ClN5O/c1-4-13(2,18-19-15)10-7-17-12(20-3)9-6-16-11(14)5-8(9)10/h5-7H,4H2,1-3H3/t13-/m0/s1. The summed E-state index contributed by atoms with van der Waals surface area (Å²) in [5.74, 6) is 0.465. The number of pyridine rings is 2. The molecule has 0 saturated heterocycles. The number of azide groups is 1. The second kappa shape index (κ2) is 5.53. The molecule has 2 heterocycles. The predicted octanol–water partition coefficient (Wildman–Crippen LogP) is 4.23. The monoisotopic (exact) mass is 291 g/mol. The fraction of sp³-hybridized carbons (Fsp3) is 0.385. The molecule has 0 amide bonds. The van der Waals surface area contributed by atoms with Crippen LogP contribution in [0.2, 0.25) is 5.15 Å². The number of ether oxygens (including phenoxy) is 1. The van der Waals surface area contributed by atoms with Crippen LogP contribution >= 0.6 is 11.6 Å². The van der Waals surface area contributed by atoms with Crippen LogP contribution in [0.5, 0.6) is 5.88 Å². The van der Waals surface area contributed by atoms with Crippen LogP contribution in [0, 0.1) is 0 Å². The van der Waals surface area contributed by atoms with Crippen molar-refractivity contribution in [3.05, 3.63) is 39.6 Å². The Balaban J connectivity index is 2.83. The van der Waals surface area contributed by atoms with E-state index >= 15 is 0 Å². The van der Waals surface area contributed by atoms with Crippen molar-refractivity contribution in [1.29, 1.82) is 0 Å². The molecule has 20 heavy (non-hydrogen) atoms. The van der Waals surface area contributed by atoms with Gasteiger partial charge in [0.15, 0.2) is 0 Å². The lowest BCUT2D eigenvalue weighted by atomic mass is 9.88. The first-order valence-corrected chi connectivity index (χ1v) is 6.48. The first kappa shape index (κ1) is 14.4. The van der Waals surface area contributed by atoms with E-state index in [0.717, 1.165) is 16.3 Å². The van der Waals surface area contributed by atoms with Gasteiger partial charge in [0.05, 0.1) is 18.0 Å². The molecule has 7 heteroatoms. The van der Waals surface area contributed by atoms with E-state index in [0.29, 0.717) is 17.5 Å². The zero-order valence-corrected chi connectivity index (χ0v) is 12.2. The molecule has 0 spiro atoms. The van der Waals surface area contributed by atoms with Gasteiger partial charge >= 0.3 is 0 Å². The highest BCUT2D eigenvalue weighted by molar-refractivity contribution is 6.30. The first-order valence-electron chi connectivity index (χ1n) is 6.10. The second-order valence-electron chi connectivity index (χ2n) is 4.55. The van der Waals surface area contributed by atoms with Crippen molar-refractivity contribution in [3.8, 4) is 5.88 Å². The lowest BCUT2D eigenvalue weighted by Gasteiger charge is -2.24. The second-order valence-corrected chi connectivity index (χ2v) is 4.94. The molecular formula is C13H14ClN5O. The fourth-order valence-electron chi connectivity index (χ4n) is 2.09. The minimum Gasteiger partial charge on any atom is -0.481 e. The summed E-state index contributed by atoms with van der Waals surface area (Å²) in [6.45, 7) is 3.82. The predicted molar refractivity (Wildman–Crippen MR) is 77.9 cm³/mol. The average molecular weight is 292 g/mol. The van der Waals surface area contributed by atoms with Gasteiger partial charge < -0.3 is 4.74 Å². The van der Waals surface area contributed by atoms with Gasteiger partial charge in [-0.2, -0.15) is 0 Å². The Bertz CT molecular complexity index is 698. The molecule has 0 saturated carbocycles. The van der Waals surface area contributed by atoms with E-state index in [-0.39, 0.29) is 0 Å². The number of aromatic nitrogens is 2. The molecule has 0 fully saturated rings. The van der Waals surface area contributed by atoms with Crippen LogP contribution in [-0.4, -0.2) is 17.1 Å². The van der Waals surface area contributed by atoms with Crippen molar-refractivity contribution in [2.45, 2.75) is 25.8 Å². The first-order chi connectivity index (χ1) is 9.55. The molecule has 0 aliphatic carbocycles. The molecule has 2 aromatic heterocycles. The van der Waals surface area contributed by atoms with Gasteiger partial charge in [-0.3, -0.25) is 0 Å². The molecule has 0 unspecified atom stereocenters. The highest BCUT2D eigenvalue weighted by Crippen LogP contribution is 2.37. The fourth-order valence-corrected chi connectivity index (χ4v) is 2.25. The molecule has 1 atom stereocenters. The third kappa shape index (κ3) is 2.35. The molecule has 6 nitrogen and oxygen atoms in total. The van der Waals surface area contributed by atoms with E-state index in [1.807, 2.05) is 13.8 Å². The molecule has 0 aliphatic heterocycles. The Morgan fingerprint density at radius 1 is 1.40 bits per heavy atom. The summed E-state index contributed by atoms with van der Waals surface area (Å²) in [5, 5.41) is 5.85. The summed E-state index contributed by atoms with van der Waals surface area (Å²) in [4.78, 5) is 11.3. The van der Waals surface area contributed by atoms with Gasteiger partial charge in [0.2, 0.25) is 5.88 Å². The van der Waals surface area contributed by atoms with Gasteiger partial charge in [0.25, 0.3) is 0 Å². The number of hydrogen-bond acceptors (Lipinski definition) is 4. The van der Waals surface area contributed by atoms with E-state index in [1.54, 1.807) is 25.6 Å². The maximum atomic E-state index is 8.80. The smallest absolute Gasteiger partial charge is 0.222 e. The van der Waals surface area contributed by atoms with Crippen molar-refractivity contribution < 1.29 is 4.74 Å². The molecule has 0 aromatic carbocycles. The third-order valence-corrected chi connectivity index (χ3v) is 3.64. The zero-order valence-electron chi connectivity index (χ0n) is 11.5. The Hall–Kier alpha value is -2.04. The zero-order chi connectivity index (χ0) is 14.8. The minimum atomic E-state index is -0.697. The number of hydrogen-bond donors (Lipinski definition) is 0. The van der Waals surface area contributed by atoms with Crippen molar-refractivity contribution in [3.63, 3.8) is 0 Å². The van der Waals surface area contributed by atoms with Gasteiger partial charge in [-0.15, -0.1) is 0 Å². The summed E-state index contributed by atoms with van der Waals surface area (Å²) in [6, 6.07) is 1.73. The van der Waals surface area contributed by atoms with Crippen molar-refractivity contribution in [2.75, 3.05) is 7.11 Å². The topological polar surface area (TPSA) is 83.8 Å². The maximum absolute atomic E-state index is 8.80. The Morgan fingerprint density at radius 3 is 2.75 bits per heavy atom. The van der Waals surface area contributed by atoms with E-state index in [1.165, 1.54) is 0 Å². The minimum absolute atomic E-state index is 0.367. The molecule has 104 valence electrons. The van der Waals surface area contributed by atoms with E-state index < -0.39 is 5.54 Å². The normalized spacial score (nSPS) is 13.6. The van der Waals surface area contributed by atoms with Gasteiger partial charge in [-0.05, 0) is 35.9 Å². The van der Waals surface area contributed by atoms with Crippen LogP contribution < -0.4 is 4.74 Å². The Morgan fingerprint density at radius 2 is 2.15 bits per heavy atom. The average Bonchev–Trinajstić information content (AvgIpc) is 2.45. The van der Waals surface area contributed by atoms with E-state index in [2.05, 4.69) is 20.0 Å². The van der Waals surface area contributed by atoms with Crippen LogP contribution in [0.25, 0.3) is 21.2 Å².